The highest BCUT2D eigenvalue weighted by Gasteiger charge is 2.02. The van der Waals surface area contributed by atoms with Gasteiger partial charge in [-0.15, -0.1) is 0 Å². The summed E-state index contributed by atoms with van der Waals surface area (Å²) >= 11 is 0. The molecule has 0 aromatic carbocycles. The molecule has 0 amide bonds. The van der Waals surface area contributed by atoms with Crippen LogP contribution >= 0.6 is 0 Å². The summed E-state index contributed by atoms with van der Waals surface area (Å²) in [6, 6.07) is 0. The third-order valence-electron chi connectivity index (χ3n) is 1.03. The van der Waals surface area contributed by atoms with Crippen LogP contribution in [-0.2, 0) is 0 Å². The van der Waals surface area contributed by atoms with Crippen LogP contribution in [0.2, 0.25) is 0 Å². The van der Waals surface area contributed by atoms with E-state index in [1.54, 1.807) is 0 Å². The topological polar surface area (TPSA) is 67.6 Å². The molecule has 0 unspecified atom stereocenters. The van der Waals surface area contributed by atoms with Gasteiger partial charge >= 0.3 is 0 Å². The minimum Gasteiger partial charge on any atom is -0.440 e. The van der Waals surface area contributed by atoms with Crippen molar-refractivity contribution in [1.82, 2.24) is 20.2 Å². The molecule has 0 fully saturated rings. The average Bonchev–Trinajstić information content (AvgIpc) is 2.59. The van der Waals surface area contributed by atoms with Gasteiger partial charge in [-0.2, -0.15) is 5.10 Å². The van der Waals surface area contributed by atoms with Crippen LogP contribution in [0.15, 0.2) is 17.0 Å². The maximum absolute atomic E-state index is 4.61. The summed E-state index contributed by atoms with van der Waals surface area (Å²) in [6.45, 7) is 0. The molecule has 0 aliphatic heterocycles. The van der Waals surface area contributed by atoms with Gasteiger partial charge in [-0.1, -0.05) is 0 Å². The number of aromatic nitrogens is 4. The second-order valence-corrected chi connectivity index (χ2v) is 1.65. The van der Waals surface area contributed by atoms with Gasteiger partial charge in [0.1, 0.15) is 18.3 Å². The minimum atomic E-state index is 0.519. The molecule has 0 bridgehead atoms. The van der Waals surface area contributed by atoms with E-state index < -0.39 is 0 Å². The quantitative estimate of drug-likeness (QED) is 0.609. The van der Waals surface area contributed by atoms with Crippen molar-refractivity contribution in [2.75, 3.05) is 0 Å². The maximum atomic E-state index is 4.61. The number of H-pyrrole nitrogens is 1. The van der Waals surface area contributed by atoms with Crippen molar-refractivity contribution in [2.45, 2.75) is 0 Å². The van der Waals surface area contributed by atoms with Crippen molar-refractivity contribution in [1.29, 1.82) is 0 Å². The monoisotopic (exact) mass is 135 g/mol. The van der Waals surface area contributed by atoms with Crippen molar-refractivity contribution in [3.05, 3.63) is 19.0 Å². The van der Waals surface area contributed by atoms with Crippen LogP contribution in [0, 0.1) is 6.39 Å². The molecule has 1 N–H and O–H groups in total. The normalized spacial score (nSPS) is 10.0. The molecular weight excluding hydrogens is 132 g/mol. The zero-order valence-corrected chi connectivity index (χ0v) is 4.90. The number of rotatable bonds is 1. The molecule has 0 aliphatic carbocycles. The fraction of sp³-hybridized carbons (Fsp3) is 0. The second kappa shape index (κ2) is 1.94. The molecule has 10 heavy (non-hydrogen) atoms. The standard InChI is InChI=1S/C5H3N4O/c1-4(7-3-10-1)5-6-2-8-9-5/h1-2H,(H,6,8,9). The van der Waals surface area contributed by atoms with Crippen molar-refractivity contribution in [2.24, 2.45) is 0 Å². The van der Waals surface area contributed by atoms with Gasteiger partial charge in [0.15, 0.2) is 0 Å². The first-order valence-corrected chi connectivity index (χ1v) is 2.64. The van der Waals surface area contributed by atoms with Gasteiger partial charge in [0.2, 0.25) is 5.82 Å². The number of nitrogens with one attached hydrogen (secondary N) is 1. The largest absolute Gasteiger partial charge is 0.440 e. The lowest BCUT2D eigenvalue weighted by Crippen LogP contribution is -1.78. The Kier molecular flexibility index (Phi) is 1.00. The zero-order chi connectivity index (χ0) is 6.81. The van der Waals surface area contributed by atoms with E-state index in [0.717, 1.165) is 0 Å². The summed E-state index contributed by atoms with van der Waals surface area (Å²) in [5, 5.41) is 6.34. The zero-order valence-electron chi connectivity index (χ0n) is 4.90. The Morgan fingerprint density at radius 1 is 1.60 bits per heavy atom. The summed E-state index contributed by atoms with van der Waals surface area (Å²) < 4.78 is 4.61. The summed E-state index contributed by atoms with van der Waals surface area (Å²) in [7, 11) is 0. The lowest BCUT2D eigenvalue weighted by atomic mass is 10.5. The van der Waals surface area contributed by atoms with E-state index >= 15 is 0 Å². The van der Waals surface area contributed by atoms with Crippen molar-refractivity contribution in [3.8, 4) is 11.5 Å². The Hall–Kier alpha value is -1.65. The molecule has 0 atom stereocenters. The van der Waals surface area contributed by atoms with E-state index in [1.165, 1.54) is 12.6 Å². The summed E-state index contributed by atoms with van der Waals surface area (Å²) in [6.07, 6.45) is 5.21. The summed E-state index contributed by atoms with van der Waals surface area (Å²) in [5.74, 6) is 0.519. The van der Waals surface area contributed by atoms with E-state index in [0.29, 0.717) is 11.5 Å². The SMILES string of the molecule is [c]1nc(-c2nc[nH]n2)co1. The fourth-order valence-electron chi connectivity index (χ4n) is 0.619. The van der Waals surface area contributed by atoms with E-state index in [-0.39, 0.29) is 0 Å². The Morgan fingerprint density at radius 2 is 2.60 bits per heavy atom. The Bertz CT molecular complexity index is 253. The van der Waals surface area contributed by atoms with Gasteiger partial charge in [-0.3, -0.25) is 5.10 Å². The number of oxazole rings is 1. The molecule has 0 spiro atoms. The van der Waals surface area contributed by atoms with E-state index in [9.17, 15) is 0 Å². The molecule has 2 aromatic heterocycles. The van der Waals surface area contributed by atoms with Crippen LogP contribution in [0.4, 0.5) is 0 Å². The molecule has 5 nitrogen and oxygen atoms in total. The number of aromatic amines is 1. The molecule has 0 saturated heterocycles. The molecular formula is C5H3N4O. The van der Waals surface area contributed by atoms with Gasteiger partial charge in [-0.25, -0.2) is 9.97 Å². The molecule has 2 aromatic rings. The maximum Gasteiger partial charge on any atom is 0.284 e. The average molecular weight is 135 g/mol. The van der Waals surface area contributed by atoms with Crippen LogP contribution in [-0.4, -0.2) is 20.2 Å². The van der Waals surface area contributed by atoms with Crippen molar-refractivity contribution >= 4 is 0 Å². The number of nitrogens with zero attached hydrogens (tertiary/aromatic N) is 3. The van der Waals surface area contributed by atoms with Crippen LogP contribution < -0.4 is 0 Å². The second-order valence-electron chi connectivity index (χ2n) is 1.65. The first-order valence-electron chi connectivity index (χ1n) is 2.64. The predicted molar refractivity (Wildman–Crippen MR) is 30.7 cm³/mol. The smallest absolute Gasteiger partial charge is 0.284 e. The molecule has 49 valence electrons. The van der Waals surface area contributed by atoms with Gasteiger partial charge < -0.3 is 4.42 Å². The van der Waals surface area contributed by atoms with Gasteiger partial charge in [0.05, 0.1) is 0 Å². The molecule has 1 radical (unpaired) electrons. The molecule has 5 heteroatoms. The summed E-state index contributed by atoms with van der Waals surface area (Å²) in [5.41, 5.74) is 0.584. The molecule has 2 rings (SSSR count). The fourth-order valence-corrected chi connectivity index (χ4v) is 0.619. The van der Waals surface area contributed by atoms with Crippen LogP contribution in [0.3, 0.4) is 0 Å². The van der Waals surface area contributed by atoms with Crippen molar-refractivity contribution in [3.63, 3.8) is 0 Å². The third kappa shape index (κ3) is 0.680. The first-order chi connectivity index (χ1) is 4.97. The Labute approximate surface area is 56.1 Å². The van der Waals surface area contributed by atoms with Gasteiger partial charge in [0, 0.05) is 0 Å². The molecule has 2 heterocycles. The lowest BCUT2D eigenvalue weighted by molar-refractivity contribution is 0.548. The van der Waals surface area contributed by atoms with Gasteiger partial charge in [0.25, 0.3) is 6.39 Å². The predicted octanol–water partition coefficient (Wildman–Crippen LogP) is 0.260. The van der Waals surface area contributed by atoms with E-state index in [4.69, 9.17) is 0 Å². The number of hydrogen-bond acceptors (Lipinski definition) is 4. The first kappa shape index (κ1) is 5.16. The highest BCUT2D eigenvalue weighted by atomic mass is 16.3. The van der Waals surface area contributed by atoms with Gasteiger partial charge in [-0.05, 0) is 0 Å². The highest BCUT2D eigenvalue weighted by molar-refractivity contribution is 5.44. The third-order valence-corrected chi connectivity index (χ3v) is 1.03. The minimum absolute atomic E-state index is 0.519. The van der Waals surface area contributed by atoms with Crippen LogP contribution in [0.1, 0.15) is 0 Å². The number of hydrogen-bond donors (Lipinski definition) is 1. The van der Waals surface area contributed by atoms with Crippen molar-refractivity contribution < 1.29 is 4.42 Å². The Balaban J connectivity index is 2.48. The van der Waals surface area contributed by atoms with Crippen LogP contribution in [0.5, 0.6) is 0 Å². The van der Waals surface area contributed by atoms with Crippen LogP contribution in [0.25, 0.3) is 11.5 Å². The van der Waals surface area contributed by atoms with E-state index in [1.807, 2.05) is 0 Å². The Morgan fingerprint density at radius 3 is 3.20 bits per heavy atom. The van der Waals surface area contributed by atoms with E-state index in [2.05, 4.69) is 31.0 Å². The molecule has 0 saturated carbocycles. The molecule has 0 aliphatic rings. The lowest BCUT2D eigenvalue weighted by Gasteiger charge is -1.78. The highest BCUT2D eigenvalue weighted by Crippen LogP contribution is 2.07. The summed E-state index contributed by atoms with van der Waals surface area (Å²) in [4.78, 5) is 7.57.